The summed E-state index contributed by atoms with van der Waals surface area (Å²) in [5.41, 5.74) is 3.07. The van der Waals surface area contributed by atoms with Gasteiger partial charge in [-0.2, -0.15) is 0 Å². The van der Waals surface area contributed by atoms with Gasteiger partial charge in [-0.05, 0) is 38.5 Å². The Morgan fingerprint density at radius 3 is 1.13 bits per heavy atom. The van der Waals surface area contributed by atoms with E-state index < -0.39 is 7.71 Å². The number of hydrogen-bond acceptors (Lipinski definition) is 4. The summed E-state index contributed by atoms with van der Waals surface area (Å²) in [6, 6.07) is 0. The minimum Gasteiger partial charge on any atom is -0.370 e. The van der Waals surface area contributed by atoms with Crippen LogP contribution in [-0.4, -0.2) is 59.8 Å². The molecule has 0 aromatic rings. The third-order valence-electron chi connectivity index (χ3n) is 9.91. The molecule has 1 rings (SSSR count). The third kappa shape index (κ3) is 18.6. The van der Waals surface area contributed by atoms with Gasteiger partial charge in [0.2, 0.25) is 5.78 Å². The fraction of sp³-hybridized carbons (Fsp3) is 0.902. The van der Waals surface area contributed by atoms with Crippen LogP contribution in [0.25, 0.3) is 0 Å². The van der Waals surface area contributed by atoms with Gasteiger partial charge in [0.05, 0.1) is 5.70 Å². The molecule has 270 valence electrons. The van der Waals surface area contributed by atoms with Gasteiger partial charge in [-0.1, -0.05) is 157 Å². The second-order valence-electron chi connectivity index (χ2n) is 14.2. The zero-order valence-electron chi connectivity index (χ0n) is 32.2. The topological polar surface area (TPSA) is 33.6 Å². The van der Waals surface area contributed by atoms with Crippen molar-refractivity contribution in [3.05, 3.63) is 23.3 Å². The van der Waals surface area contributed by atoms with E-state index in [1.165, 1.54) is 173 Å². The molecular formula is C41H82N4P+. The van der Waals surface area contributed by atoms with Gasteiger partial charge in [-0.15, -0.1) is 5.16 Å². The Morgan fingerprint density at radius 1 is 0.457 bits per heavy atom. The van der Waals surface area contributed by atoms with Crippen LogP contribution in [0, 0.1) is 5.16 Å². The van der Waals surface area contributed by atoms with E-state index in [2.05, 4.69) is 68.1 Å². The summed E-state index contributed by atoms with van der Waals surface area (Å²) in [4.78, 5) is 8.50. The number of nitrogens with one attached hydrogen (secondary N) is 1. The van der Waals surface area contributed by atoms with E-state index in [0.717, 1.165) is 26.2 Å². The molecule has 1 aliphatic heterocycles. The van der Waals surface area contributed by atoms with Gasteiger partial charge in [-0.25, -0.2) is 0 Å². The van der Waals surface area contributed by atoms with Crippen molar-refractivity contribution in [3.63, 3.8) is 0 Å². The van der Waals surface area contributed by atoms with Crippen LogP contribution in [0.5, 0.6) is 0 Å². The summed E-state index contributed by atoms with van der Waals surface area (Å²) in [6.45, 7) is 21.0. The van der Waals surface area contributed by atoms with Crippen LogP contribution in [0.1, 0.15) is 196 Å². The highest BCUT2D eigenvalue weighted by atomic mass is 31.1. The van der Waals surface area contributed by atoms with Crippen LogP contribution in [0.15, 0.2) is 23.3 Å². The van der Waals surface area contributed by atoms with E-state index in [1.54, 1.807) is 5.70 Å². The molecule has 0 bridgehead atoms. The van der Waals surface area contributed by atoms with Gasteiger partial charge in [-0.3, -0.25) is 4.90 Å². The Balaban J connectivity index is 3.65. The van der Waals surface area contributed by atoms with Gasteiger partial charge in [0.25, 0.3) is 7.71 Å². The number of unbranched alkanes of at least 4 members (excludes halogenated alkanes) is 18. The van der Waals surface area contributed by atoms with Crippen LogP contribution in [0.2, 0.25) is 0 Å². The van der Waals surface area contributed by atoms with Crippen LogP contribution in [-0.2, 0) is 0 Å². The van der Waals surface area contributed by atoms with Gasteiger partial charge in [0.15, 0.2) is 0 Å². The normalized spacial score (nSPS) is 15.8. The highest BCUT2D eigenvalue weighted by Crippen LogP contribution is 2.45. The van der Waals surface area contributed by atoms with Gasteiger partial charge in [0, 0.05) is 45.3 Å². The first-order chi connectivity index (χ1) is 22.6. The molecule has 0 radical (unpaired) electrons. The molecule has 2 unspecified atom stereocenters. The second-order valence-corrected chi connectivity index (χ2v) is 15.8. The lowest BCUT2D eigenvalue weighted by molar-refractivity contribution is 0.204. The summed E-state index contributed by atoms with van der Waals surface area (Å²) < 4.78 is 0. The van der Waals surface area contributed by atoms with Crippen molar-refractivity contribution in [1.82, 2.24) is 14.7 Å². The molecule has 0 aliphatic carbocycles. The average Bonchev–Trinajstić information content (AvgIpc) is 3.06. The van der Waals surface area contributed by atoms with Crippen molar-refractivity contribution in [2.75, 3.05) is 39.3 Å². The van der Waals surface area contributed by atoms with Crippen molar-refractivity contribution in [3.8, 4) is 0 Å². The molecule has 1 N–H and O–H groups in total. The molecule has 0 saturated heterocycles. The number of hydrogen-bond donors (Lipinski definition) is 1. The van der Waals surface area contributed by atoms with Crippen molar-refractivity contribution in [1.29, 1.82) is 5.16 Å². The maximum absolute atomic E-state index is 9.68. The van der Waals surface area contributed by atoms with Gasteiger partial charge in [0.1, 0.15) is 11.5 Å². The van der Waals surface area contributed by atoms with Gasteiger partial charge < -0.3 is 9.80 Å². The highest BCUT2D eigenvalue weighted by Gasteiger charge is 2.42. The maximum atomic E-state index is 9.68. The van der Waals surface area contributed by atoms with E-state index >= 15 is 0 Å². The zero-order chi connectivity index (χ0) is 33.7. The molecule has 1 aliphatic rings. The molecule has 0 aromatic carbocycles. The predicted octanol–water partition coefficient (Wildman–Crippen LogP) is 13.7. The number of rotatable bonds is 33. The molecule has 0 aromatic heterocycles. The Morgan fingerprint density at radius 2 is 0.783 bits per heavy atom. The second kappa shape index (κ2) is 30.2. The largest absolute Gasteiger partial charge is 0.370 e. The molecule has 0 spiro atoms. The Hall–Kier alpha value is -0.860. The fourth-order valence-corrected chi connectivity index (χ4v) is 8.59. The number of nitrogens with zero attached hydrogens (tertiary/aromatic N) is 3. The van der Waals surface area contributed by atoms with E-state index in [1.807, 2.05) is 0 Å². The quantitative estimate of drug-likeness (QED) is 0.0561. The van der Waals surface area contributed by atoms with Crippen LogP contribution < -0.4 is 0 Å². The molecule has 46 heavy (non-hydrogen) atoms. The summed E-state index contributed by atoms with van der Waals surface area (Å²) in [5, 5.41) is 9.68. The van der Waals surface area contributed by atoms with Crippen LogP contribution >= 0.6 is 7.71 Å². The Kier molecular flexibility index (Phi) is 28.4. The first-order valence-corrected chi connectivity index (χ1v) is 22.2. The number of allylic oxidation sites excluding steroid dienone is 1. The van der Waals surface area contributed by atoms with Crippen molar-refractivity contribution >= 4 is 7.71 Å². The molecule has 0 saturated carbocycles. The first-order valence-electron chi connectivity index (χ1n) is 20.7. The summed E-state index contributed by atoms with van der Waals surface area (Å²) in [5.74, 6) is 2.59. The molecule has 2 atom stereocenters. The first kappa shape index (κ1) is 43.2. The van der Waals surface area contributed by atoms with Gasteiger partial charge >= 0.3 is 0 Å². The monoisotopic (exact) mass is 662 g/mol. The standard InChI is InChI=1S/C41H82N4P/c1-7-13-19-25-32-43(33-26-20-14-8-2)39-31-38-46(42)41(45(36-29-23-17-11-5)37-30-24-18-12-6)40(39)44(34-27-21-15-9-3)35-28-22-16-10-4/h31,38,41-42H,7-30,32-37H2,1-6H3/q+1. The Bertz CT molecular complexity index is 742. The van der Waals surface area contributed by atoms with E-state index in [-0.39, 0.29) is 5.78 Å². The summed E-state index contributed by atoms with van der Waals surface area (Å²) in [6.07, 6.45) is 33.9. The SMILES string of the molecule is CCCCCCN(CCCCCC)C1=C(N(CCCCCC)CCCCCC)C(N(CCCCCC)CCCCCC)[P+](=N)C=C1. The lowest BCUT2D eigenvalue weighted by Crippen LogP contribution is -2.45. The smallest absolute Gasteiger partial charge is 0.252 e. The minimum atomic E-state index is -0.978. The lowest BCUT2D eigenvalue weighted by Gasteiger charge is -2.40. The summed E-state index contributed by atoms with van der Waals surface area (Å²) in [7, 11) is -0.978. The molecular weight excluding hydrogens is 579 g/mol. The Labute approximate surface area is 290 Å². The highest BCUT2D eigenvalue weighted by molar-refractivity contribution is 7.50. The van der Waals surface area contributed by atoms with Crippen molar-refractivity contribution < 1.29 is 0 Å². The molecule has 0 fully saturated rings. The van der Waals surface area contributed by atoms with E-state index in [0.29, 0.717) is 0 Å². The molecule has 5 heteroatoms. The fourth-order valence-electron chi connectivity index (χ4n) is 6.99. The van der Waals surface area contributed by atoms with E-state index in [9.17, 15) is 5.16 Å². The van der Waals surface area contributed by atoms with Crippen molar-refractivity contribution in [2.45, 2.75) is 201 Å². The molecule has 4 nitrogen and oxygen atoms in total. The van der Waals surface area contributed by atoms with Crippen molar-refractivity contribution in [2.24, 2.45) is 0 Å². The minimum absolute atomic E-state index is 0.240. The zero-order valence-corrected chi connectivity index (χ0v) is 33.1. The molecule has 0 amide bonds. The lowest BCUT2D eigenvalue weighted by atomic mass is 10.1. The van der Waals surface area contributed by atoms with E-state index in [4.69, 9.17) is 0 Å². The predicted molar refractivity (Wildman–Crippen MR) is 209 cm³/mol. The van der Waals surface area contributed by atoms with Crippen LogP contribution in [0.4, 0.5) is 0 Å². The molecule has 1 heterocycles. The average molecular weight is 662 g/mol. The summed E-state index contributed by atoms with van der Waals surface area (Å²) >= 11 is 0. The van der Waals surface area contributed by atoms with Crippen LogP contribution in [0.3, 0.4) is 0 Å². The third-order valence-corrected chi connectivity index (χ3v) is 11.5. The maximum Gasteiger partial charge on any atom is 0.252 e.